The molecule has 226 valence electrons. The number of fused-ring (bicyclic) bond motifs is 1. The van der Waals surface area contributed by atoms with Crippen LogP contribution in [0.1, 0.15) is 44.1 Å². The molecule has 1 aliphatic heterocycles. The van der Waals surface area contributed by atoms with Gasteiger partial charge >= 0.3 is 0 Å². The fourth-order valence-corrected chi connectivity index (χ4v) is 7.46. The van der Waals surface area contributed by atoms with Crippen LogP contribution in [-0.4, -0.2) is 55.5 Å². The predicted molar refractivity (Wildman–Crippen MR) is 173 cm³/mol. The summed E-state index contributed by atoms with van der Waals surface area (Å²) in [5.74, 6) is 2.45. The molecule has 8 nitrogen and oxygen atoms in total. The van der Waals surface area contributed by atoms with E-state index in [0.717, 1.165) is 81.4 Å². The molecule has 3 N–H and O–H groups in total. The van der Waals surface area contributed by atoms with Gasteiger partial charge in [0.25, 0.3) is 0 Å². The molecule has 1 saturated carbocycles. The van der Waals surface area contributed by atoms with Gasteiger partial charge in [0.15, 0.2) is 0 Å². The summed E-state index contributed by atoms with van der Waals surface area (Å²) in [6, 6.07) is 27.9. The highest BCUT2D eigenvalue weighted by Crippen LogP contribution is 2.30. The van der Waals surface area contributed by atoms with Gasteiger partial charge in [-0.15, -0.1) is 0 Å². The second kappa shape index (κ2) is 13.8. The zero-order chi connectivity index (χ0) is 29.5. The van der Waals surface area contributed by atoms with Gasteiger partial charge in [-0.05, 0) is 80.2 Å². The molecule has 2 heterocycles. The van der Waals surface area contributed by atoms with Gasteiger partial charge < -0.3 is 10.6 Å². The molecule has 0 unspecified atom stereocenters. The summed E-state index contributed by atoms with van der Waals surface area (Å²) in [5.41, 5.74) is 2.31. The molecule has 0 amide bonds. The first-order valence-electron chi connectivity index (χ1n) is 15.6. The minimum atomic E-state index is -3.46. The van der Waals surface area contributed by atoms with Crippen molar-refractivity contribution in [2.24, 2.45) is 11.8 Å². The quantitative estimate of drug-likeness (QED) is 0.198. The maximum Gasteiger partial charge on any atom is 0.240 e. The Hall–Kier alpha value is -3.53. The summed E-state index contributed by atoms with van der Waals surface area (Å²) in [7, 11) is -3.46. The van der Waals surface area contributed by atoms with Crippen molar-refractivity contribution in [2.45, 2.75) is 56.0 Å². The van der Waals surface area contributed by atoms with E-state index in [9.17, 15) is 8.42 Å². The molecule has 2 aliphatic rings. The van der Waals surface area contributed by atoms with Crippen molar-refractivity contribution < 1.29 is 8.42 Å². The number of nitrogens with one attached hydrogen (secondary N) is 3. The van der Waals surface area contributed by atoms with Crippen molar-refractivity contribution in [1.82, 2.24) is 19.6 Å². The zero-order valence-corrected chi connectivity index (χ0v) is 25.5. The fraction of sp³-hybridized carbons (Fsp3) is 0.412. The van der Waals surface area contributed by atoms with Crippen molar-refractivity contribution in [3.05, 3.63) is 90.5 Å². The van der Waals surface area contributed by atoms with Gasteiger partial charge in [-0.1, -0.05) is 60.7 Å². The number of para-hydroxylation sites is 1. The molecule has 1 saturated heterocycles. The van der Waals surface area contributed by atoms with Crippen LogP contribution in [0.5, 0.6) is 0 Å². The first kappa shape index (κ1) is 29.5. The maximum atomic E-state index is 12.6. The highest BCUT2D eigenvalue weighted by atomic mass is 32.2. The molecule has 4 aromatic rings. The highest BCUT2D eigenvalue weighted by Gasteiger charge is 2.24. The Labute approximate surface area is 255 Å². The molecule has 0 spiro atoms. The normalized spacial score (nSPS) is 20.2. The van der Waals surface area contributed by atoms with Crippen LogP contribution < -0.4 is 15.4 Å². The summed E-state index contributed by atoms with van der Waals surface area (Å²) < 4.78 is 28.0. The number of nitrogens with zero attached hydrogens (tertiary/aromatic N) is 3. The van der Waals surface area contributed by atoms with Crippen LogP contribution in [0.25, 0.3) is 10.9 Å². The molecule has 2 fully saturated rings. The number of aromatic nitrogens is 2. The Bertz CT molecular complexity index is 1570. The first-order valence-corrected chi connectivity index (χ1v) is 17.1. The van der Waals surface area contributed by atoms with Crippen molar-refractivity contribution in [2.75, 3.05) is 36.8 Å². The molecule has 0 bridgehead atoms. The lowest BCUT2D eigenvalue weighted by molar-refractivity contribution is 0.211. The third-order valence-electron chi connectivity index (χ3n) is 8.91. The number of hydrogen-bond donors (Lipinski definition) is 3. The lowest BCUT2D eigenvalue weighted by Crippen LogP contribution is -2.38. The molecule has 1 aromatic heterocycles. The Morgan fingerprint density at radius 2 is 1.35 bits per heavy atom. The minimum absolute atomic E-state index is 0.325. The summed E-state index contributed by atoms with van der Waals surface area (Å²) in [4.78, 5) is 12.6. The van der Waals surface area contributed by atoms with Gasteiger partial charge in [-0.25, -0.2) is 18.1 Å². The Balaban J connectivity index is 0.999. The molecule has 3 aromatic carbocycles. The number of likely N-dealkylation sites (tertiary alicyclic amines) is 1. The highest BCUT2D eigenvalue weighted by molar-refractivity contribution is 7.89. The standard InChI is InChI=1S/C34H42N6O2S/c41-43(42,30-11-5-2-6-12-30)36-24-27-17-15-26(16-18-27)23-35-34-38-32-14-8-7-13-31(32)33(39-34)37-29-19-21-40(22-20-29)25-28-9-3-1-4-10-28/h1-14,26-27,29,36H,15-25H2,(H2,35,37,38,39)/t26-,27-. The van der Waals surface area contributed by atoms with Gasteiger partial charge in [0.1, 0.15) is 5.82 Å². The molecule has 1 aliphatic carbocycles. The van der Waals surface area contributed by atoms with Crippen LogP contribution >= 0.6 is 0 Å². The Morgan fingerprint density at radius 1 is 0.721 bits per heavy atom. The number of piperidine rings is 1. The van der Waals surface area contributed by atoms with E-state index < -0.39 is 10.0 Å². The topological polar surface area (TPSA) is 99.2 Å². The van der Waals surface area contributed by atoms with Crippen LogP contribution in [0.4, 0.5) is 11.8 Å². The van der Waals surface area contributed by atoms with Crippen LogP contribution in [0.2, 0.25) is 0 Å². The summed E-state index contributed by atoms with van der Waals surface area (Å²) in [6.45, 7) is 4.45. The third kappa shape index (κ3) is 7.90. The van der Waals surface area contributed by atoms with E-state index in [1.807, 2.05) is 18.2 Å². The van der Waals surface area contributed by atoms with E-state index in [1.165, 1.54) is 5.56 Å². The maximum absolute atomic E-state index is 12.6. The lowest BCUT2D eigenvalue weighted by atomic mass is 9.82. The average molecular weight is 599 g/mol. The van der Waals surface area contributed by atoms with Crippen LogP contribution in [0, 0.1) is 11.8 Å². The number of benzene rings is 3. The van der Waals surface area contributed by atoms with E-state index in [4.69, 9.17) is 9.97 Å². The smallest absolute Gasteiger partial charge is 0.240 e. The van der Waals surface area contributed by atoms with Crippen LogP contribution in [0.15, 0.2) is 89.8 Å². The number of hydrogen-bond acceptors (Lipinski definition) is 7. The molecule has 0 radical (unpaired) electrons. The average Bonchev–Trinajstić information content (AvgIpc) is 3.05. The Kier molecular flexibility index (Phi) is 9.51. The van der Waals surface area contributed by atoms with E-state index >= 15 is 0 Å². The predicted octanol–water partition coefficient (Wildman–Crippen LogP) is 5.90. The van der Waals surface area contributed by atoms with E-state index in [-0.39, 0.29) is 0 Å². The fourth-order valence-electron chi connectivity index (χ4n) is 6.32. The first-order chi connectivity index (χ1) is 21.0. The third-order valence-corrected chi connectivity index (χ3v) is 10.4. The van der Waals surface area contributed by atoms with Crippen molar-refractivity contribution in [1.29, 1.82) is 0 Å². The molecule has 6 rings (SSSR count). The molecule has 9 heteroatoms. The minimum Gasteiger partial charge on any atom is -0.367 e. The number of sulfonamides is 1. The van der Waals surface area contributed by atoms with Gasteiger partial charge in [-0.2, -0.15) is 4.98 Å². The van der Waals surface area contributed by atoms with Gasteiger partial charge in [-0.3, -0.25) is 4.90 Å². The summed E-state index contributed by atoms with van der Waals surface area (Å²) in [6.07, 6.45) is 6.31. The Morgan fingerprint density at radius 3 is 2.07 bits per heavy atom. The zero-order valence-electron chi connectivity index (χ0n) is 24.7. The molecular formula is C34H42N6O2S. The van der Waals surface area contributed by atoms with Crippen molar-refractivity contribution in [3.63, 3.8) is 0 Å². The molecule has 0 atom stereocenters. The SMILES string of the molecule is O=S(=O)(NC[C@H]1CC[C@H](CNc2nc(NC3CCN(Cc4ccccc4)CC3)c3ccccc3n2)CC1)c1ccccc1. The second-order valence-electron chi connectivity index (χ2n) is 12.0. The van der Waals surface area contributed by atoms with E-state index in [2.05, 4.69) is 62.7 Å². The summed E-state index contributed by atoms with van der Waals surface area (Å²) in [5, 5.41) is 8.34. The van der Waals surface area contributed by atoms with Gasteiger partial charge in [0.05, 0.1) is 10.4 Å². The van der Waals surface area contributed by atoms with Crippen molar-refractivity contribution in [3.8, 4) is 0 Å². The molecular weight excluding hydrogens is 556 g/mol. The monoisotopic (exact) mass is 598 g/mol. The van der Waals surface area contributed by atoms with Gasteiger partial charge in [0, 0.05) is 44.2 Å². The van der Waals surface area contributed by atoms with E-state index in [0.29, 0.717) is 35.3 Å². The summed E-state index contributed by atoms with van der Waals surface area (Å²) >= 11 is 0. The lowest BCUT2D eigenvalue weighted by Gasteiger charge is -2.33. The van der Waals surface area contributed by atoms with E-state index in [1.54, 1.807) is 24.3 Å². The van der Waals surface area contributed by atoms with Crippen molar-refractivity contribution >= 4 is 32.7 Å². The number of anilines is 2. The number of rotatable bonds is 11. The van der Waals surface area contributed by atoms with Crippen LogP contribution in [0.3, 0.4) is 0 Å². The van der Waals surface area contributed by atoms with Gasteiger partial charge in [0.2, 0.25) is 16.0 Å². The second-order valence-corrected chi connectivity index (χ2v) is 13.8. The van der Waals surface area contributed by atoms with Crippen LogP contribution in [-0.2, 0) is 16.6 Å². The largest absolute Gasteiger partial charge is 0.367 e. The molecule has 43 heavy (non-hydrogen) atoms.